The molecule has 0 spiro atoms. The Labute approximate surface area is 117 Å². The monoisotopic (exact) mass is 281 g/mol. The molecule has 6 heteroatoms. The maximum atomic E-state index is 11.9. The Hall–Kier alpha value is -1.53. The molecule has 2 amide bonds. The zero-order chi connectivity index (χ0) is 14.3. The van der Waals surface area contributed by atoms with Crippen molar-refractivity contribution in [3.63, 3.8) is 0 Å². The molecule has 0 unspecified atom stereocenters. The van der Waals surface area contributed by atoms with Gasteiger partial charge in [0, 0.05) is 24.0 Å². The molecule has 1 aromatic carbocycles. The van der Waals surface area contributed by atoms with E-state index in [0.717, 1.165) is 11.8 Å². The number of benzene rings is 1. The second-order valence-electron chi connectivity index (χ2n) is 4.23. The lowest BCUT2D eigenvalue weighted by molar-refractivity contribution is 0.0952. The van der Waals surface area contributed by atoms with Gasteiger partial charge in [0.05, 0.1) is 5.56 Å². The summed E-state index contributed by atoms with van der Waals surface area (Å²) >= 11 is 1.02. The van der Waals surface area contributed by atoms with Crippen LogP contribution >= 0.6 is 11.8 Å². The highest BCUT2D eigenvalue weighted by molar-refractivity contribution is 8.13. The molecular formula is C13H19N3O2S. The van der Waals surface area contributed by atoms with Gasteiger partial charge in [0.2, 0.25) is 0 Å². The molecule has 1 rings (SSSR count). The second kappa shape index (κ2) is 7.81. The third-order valence-corrected chi connectivity index (χ3v) is 3.05. The van der Waals surface area contributed by atoms with Gasteiger partial charge in [-0.25, -0.2) is 0 Å². The van der Waals surface area contributed by atoms with Gasteiger partial charge in [-0.05, 0) is 37.7 Å². The number of hydrogen-bond acceptors (Lipinski definition) is 4. The Morgan fingerprint density at radius 3 is 2.63 bits per heavy atom. The fourth-order valence-electron chi connectivity index (χ4n) is 1.39. The summed E-state index contributed by atoms with van der Waals surface area (Å²) in [6.07, 6.45) is 0. The molecule has 0 aromatic heterocycles. The van der Waals surface area contributed by atoms with Crippen LogP contribution < -0.4 is 16.4 Å². The maximum absolute atomic E-state index is 11.9. The molecule has 0 saturated carbocycles. The molecule has 0 aliphatic heterocycles. The minimum Gasteiger partial charge on any atom is -0.351 e. The average Bonchev–Trinajstić information content (AvgIpc) is 2.35. The van der Waals surface area contributed by atoms with Crippen molar-refractivity contribution in [3.8, 4) is 0 Å². The first kappa shape index (κ1) is 15.5. The van der Waals surface area contributed by atoms with E-state index in [1.54, 1.807) is 24.3 Å². The number of nitrogens with one attached hydrogen (secondary N) is 2. The molecule has 0 heterocycles. The van der Waals surface area contributed by atoms with E-state index in [2.05, 4.69) is 10.6 Å². The summed E-state index contributed by atoms with van der Waals surface area (Å²) < 4.78 is 0. The predicted octanol–water partition coefficient (Wildman–Crippen LogP) is 1.59. The number of carbonyl (C=O) groups excluding carboxylic acids is 2. The standard InChI is InChI=1S/C13H19N3O2S/c1-9(2)16-13(18)19-11-6-4-3-5-10(11)12(17)15-8-7-14/h3-6,9H,7-8,14H2,1-2H3,(H,15,17)(H,16,18). The lowest BCUT2D eigenvalue weighted by Crippen LogP contribution is -2.30. The number of rotatable bonds is 5. The molecule has 0 fully saturated rings. The fraction of sp³-hybridized carbons (Fsp3) is 0.385. The van der Waals surface area contributed by atoms with E-state index in [-0.39, 0.29) is 17.2 Å². The lowest BCUT2D eigenvalue weighted by Gasteiger charge is -2.10. The van der Waals surface area contributed by atoms with E-state index in [1.165, 1.54) is 0 Å². The Kier molecular flexibility index (Phi) is 6.38. The first-order chi connectivity index (χ1) is 9.04. The lowest BCUT2D eigenvalue weighted by atomic mass is 10.2. The molecule has 0 saturated heterocycles. The van der Waals surface area contributed by atoms with Crippen LogP contribution in [0.2, 0.25) is 0 Å². The highest BCUT2D eigenvalue weighted by Gasteiger charge is 2.14. The fourth-order valence-corrected chi connectivity index (χ4v) is 2.30. The highest BCUT2D eigenvalue weighted by atomic mass is 32.2. The Morgan fingerprint density at radius 2 is 2.00 bits per heavy atom. The number of nitrogens with two attached hydrogens (primary N) is 1. The number of carbonyl (C=O) groups is 2. The van der Waals surface area contributed by atoms with Crippen molar-refractivity contribution in [1.29, 1.82) is 0 Å². The normalized spacial score (nSPS) is 10.3. The van der Waals surface area contributed by atoms with Crippen LogP contribution in [-0.2, 0) is 0 Å². The van der Waals surface area contributed by atoms with E-state index in [9.17, 15) is 9.59 Å². The van der Waals surface area contributed by atoms with Gasteiger partial charge in [0.15, 0.2) is 0 Å². The molecule has 1 aromatic rings. The van der Waals surface area contributed by atoms with Gasteiger partial charge < -0.3 is 16.4 Å². The minimum absolute atomic E-state index is 0.0678. The number of amides is 2. The van der Waals surface area contributed by atoms with Gasteiger partial charge in [-0.2, -0.15) is 0 Å². The molecule has 19 heavy (non-hydrogen) atoms. The van der Waals surface area contributed by atoms with E-state index in [0.29, 0.717) is 23.5 Å². The van der Waals surface area contributed by atoms with Gasteiger partial charge in [-0.1, -0.05) is 12.1 Å². The van der Waals surface area contributed by atoms with E-state index < -0.39 is 0 Å². The second-order valence-corrected chi connectivity index (χ2v) is 5.24. The summed E-state index contributed by atoms with van der Waals surface area (Å²) in [5.74, 6) is -0.217. The van der Waals surface area contributed by atoms with E-state index >= 15 is 0 Å². The highest BCUT2D eigenvalue weighted by Crippen LogP contribution is 2.23. The van der Waals surface area contributed by atoms with Crippen molar-refractivity contribution < 1.29 is 9.59 Å². The van der Waals surface area contributed by atoms with Crippen molar-refractivity contribution in [2.24, 2.45) is 5.73 Å². The largest absolute Gasteiger partial charge is 0.351 e. The molecule has 5 nitrogen and oxygen atoms in total. The quantitative estimate of drug-likeness (QED) is 0.716. The summed E-state index contributed by atoms with van der Waals surface area (Å²) in [5.41, 5.74) is 5.83. The Bertz CT molecular complexity index is 449. The van der Waals surface area contributed by atoms with Crippen molar-refractivity contribution >= 4 is 22.9 Å². The summed E-state index contributed by atoms with van der Waals surface area (Å²) in [5, 5.41) is 5.29. The topological polar surface area (TPSA) is 84.2 Å². The van der Waals surface area contributed by atoms with Crippen LogP contribution in [0.1, 0.15) is 24.2 Å². The number of thioether (sulfide) groups is 1. The molecule has 4 N–H and O–H groups in total. The van der Waals surface area contributed by atoms with E-state index in [4.69, 9.17) is 5.73 Å². The van der Waals surface area contributed by atoms with Crippen molar-refractivity contribution in [1.82, 2.24) is 10.6 Å². The van der Waals surface area contributed by atoms with Crippen LogP contribution in [0, 0.1) is 0 Å². The average molecular weight is 281 g/mol. The van der Waals surface area contributed by atoms with Gasteiger partial charge >= 0.3 is 0 Å². The van der Waals surface area contributed by atoms with Gasteiger partial charge in [-0.3, -0.25) is 9.59 Å². The molecule has 0 radical (unpaired) electrons. The smallest absolute Gasteiger partial charge is 0.284 e. The summed E-state index contributed by atoms with van der Waals surface area (Å²) in [7, 11) is 0. The minimum atomic E-state index is -0.217. The first-order valence-corrected chi connectivity index (χ1v) is 6.92. The van der Waals surface area contributed by atoms with Crippen molar-refractivity contribution in [3.05, 3.63) is 29.8 Å². The molecule has 0 bridgehead atoms. The predicted molar refractivity (Wildman–Crippen MR) is 77.4 cm³/mol. The maximum Gasteiger partial charge on any atom is 0.284 e. The Balaban J connectivity index is 2.78. The molecular weight excluding hydrogens is 262 g/mol. The summed E-state index contributed by atoms with van der Waals surface area (Å²) in [4.78, 5) is 24.3. The van der Waals surface area contributed by atoms with Crippen LogP contribution in [0.3, 0.4) is 0 Å². The zero-order valence-electron chi connectivity index (χ0n) is 11.1. The van der Waals surface area contributed by atoms with E-state index in [1.807, 2.05) is 13.8 Å². The molecule has 0 aliphatic carbocycles. The van der Waals surface area contributed by atoms with Crippen LogP contribution in [0.15, 0.2) is 29.2 Å². The van der Waals surface area contributed by atoms with Gasteiger partial charge in [-0.15, -0.1) is 0 Å². The summed E-state index contributed by atoms with van der Waals surface area (Å²) in [6, 6.07) is 7.07. The van der Waals surface area contributed by atoms with Crippen LogP contribution in [0.4, 0.5) is 4.79 Å². The Morgan fingerprint density at radius 1 is 1.32 bits per heavy atom. The summed E-state index contributed by atoms with van der Waals surface area (Å²) in [6.45, 7) is 4.57. The third kappa shape index (κ3) is 5.32. The zero-order valence-corrected chi connectivity index (χ0v) is 11.9. The van der Waals surface area contributed by atoms with Gasteiger partial charge in [0.1, 0.15) is 0 Å². The van der Waals surface area contributed by atoms with Crippen molar-refractivity contribution in [2.75, 3.05) is 13.1 Å². The van der Waals surface area contributed by atoms with Crippen LogP contribution in [-0.4, -0.2) is 30.3 Å². The van der Waals surface area contributed by atoms with Crippen LogP contribution in [0.25, 0.3) is 0 Å². The molecule has 0 atom stereocenters. The molecule has 104 valence electrons. The number of hydrogen-bond donors (Lipinski definition) is 3. The van der Waals surface area contributed by atoms with Gasteiger partial charge in [0.25, 0.3) is 11.1 Å². The van der Waals surface area contributed by atoms with Crippen molar-refractivity contribution in [2.45, 2.75) is 24.8 Å². The molecule has 0 aliphatic rings. The van der Waals surface area contributed by atoms with Crippen LogP contribution in [0.5, 0.6) is 0 Å². The SMILES string of the molecule is CC(C)NC(=O)Sc1ccccc1C(=O)NCCN. The first-order valence-electron chi connectivity index (χ1n) is 6.10. The third-order valence-electron chi connectivity index (χ3n) is 2.17.